The molecule has 0 aromatic heterocycles. The quantitative estimate of drug-likeness (QED) is 0.916. The van der Waals surface area contributed by atoms with E-state index < -0.39 is 0 Å². The van der Waals surface area contributed by atoms with Gasteiger partial charge in [0.15, 0.2) is 0 Å². The minimum Gasteiger partial charge on any atom is -0.378 e. The van der Waals surface area contributed by atoms with Gasteiger partial charge in [0, 0.05) is 30.3 Å². The Morgan fingerprint density at radius 3 is 2.96 bits per heavy atom. The molecule has 2 heterocycles. The van der Waals surface area contributed by atoms with Crippen LogP contribution in [0, 0.1) is 5.92 Å². The fraction of sp³-hybridized carbons (Fsp3) is 0.667. The van der Waals surface area contributed by atoms with Gasteiger partial charge < -0.3 is 15.0 Å². The van der Waals surface area contributed by atoms with E-state index in [4.69, 9.17) is 4.74 Å². The number of hydrogen-bond donors (Lipinski definition) is 1. The Kier molecular flexibility index (Phi) is 4.83. The van der Waals surface area contributed by atoms with Gasteiger partial charge in [-0.25, -0.2) is 0 Å². The summed E-state index contributed by atoms with van der Waals surface area (Å²) in [6.45, 7) is 5.08. The van der Waals surface area contributed by atoms with Crippen LogP contribution in [0.5, 0.6) is 0 Å². The average Bonchev–Trinajstić information content (AvgIpc) is 3.11. The maximum absolute atomic E-state index is 13.3. The molecule has 1 amide bonds. The molecule has 1 aromatic rings. The van der Waals surface area contributed by atoms with E-state index in [1.807, 2.05) is 17.9 Å². The number of carbonyl (C=O) groups is 1. The van der Waals surface area contributed by atoms with Gasteiger partial charge >= 0.3 is 0 Å². The van der Waals surface area contributed by atoms with Gasteiger partial charge in [-0.15, -0.1) is 0 Å². The van der Waals surface area contributed by atoms with Crippen molar-refractivity contribution in [2.75, 3.05) is 11.5 Å². The van der Waals surface area contributed by atoms with E-state index in [0.29, 0.717) is 18.1 Å². The lowest BCUT2D eigenvalue weighted by Gasteiger charge is -2.39. The number of benzene rings is 1. The second kappa shape index (κ2) is 7.08. The molecule has 0 radical (unpaired) electrons. The lowest BCUT2D eigenvalue weighted by molar-refractivity contribution is -0.121. The van der Waals surface area contributed by atoms with Crippen LogP contribution >= 0.6 is 0 Å². The first-order valence-corrected chi connectivity index (χ1v) is 9.94. The Bertz CT molecular complexity index is 632. The molecule has 4 heteroatoms. The average molecular weight is 342 g/mol. The van der Waals surface area contributed by atoms with Gasteiger partial charge in [-0.2, -0.15) is 0 Å². The summed E-state index contributed by atoms with van der Waals surface area (Å²) in [5, 5.41) is 3.67. The monoisotopic (exact) mass is 342 g/mol. The zero-order valence-corrected chi connectivity index (χ0v) is 15.4. The summed E-state index contributed by atoms with van der Waals surface area (Å²) < 4.78 is 5.87. The SMILES string of the molecule is C[C@H](N[C@@H]1CCC[C@@H]2OCC[C@H]21)C(=O)N1c2ccccc2CC[C@H]1C. The fourth-order valence-electron chi connectivity index (χ4n) is 5.01. The second-order valence-electron chi connectivity index (χ2n) is 8.01. The van der Waals surface area contributed by atoms with E-state index in [-0.39, 0.29) is 18.0 Å². The number of hydrogen-bond acceptors (Lipinski definition) is 3. The smallest absolute Gasteiger partial charge is 0.244 e. The number of amides is 1. The van der Waals surface area contributed by atoms with Gasteiger partial charge in [0.1, 0.15) is 0 Å². The van der Waals surface area contributed by atoms with Crippen molar-refractivity contribution in [2.45, 2.75) is 76.6 Å². The van der Waals surface area contributed by atoms with Crippen LogP contribution in [0.4, 0.5) is 5.69 Å². The summed E-state index contributed by atoms with van der Waals surface area (Å²) in [6.07, 6.45) is 7.18. The van der Waals surface area contributed by atoms with Crippen LogP contribution in [0.1, 0.15) is 51.5 Å². The van der Waals surface area contributed by atoms with Gasteiger partial charge in [-0.05, 0) is 64.0 Å². The van der Waals surface area contributed by atoms with Crippen LogP contribution in [-0.4, -0.2) is 36.7 Å². The van der Waals surface area contributed by atoms with Crippen molar-refractivity contribution in [3.8, 4) is 0 Å². The van der Waals surface area contributed by atoms with Gasteiger partial charge in [0.25, 0.3) is 0 Å². The van der Waals surface area contributed by atoms with E-state index in [1.165, 1.54) is 18.4 Å². The molecular weight excluding hydrogens is 312 g/mol. The molecule has 1 saturated carbocycles. The molecular formula is C21H30N2O2. The largest absolute Gasteiger partial charge is 0.378 e. The van der Waals surface area contributed by atoms with Crippen molar-refractivity contribution < 1.29 is 9.53 Å². The first-order chi connectivity index (χ1) is 12.1. The summed E-state index contributed by atoms with van der Waals surface area (Å²) in [5.74, 6) is 0.788. The molecule has 2 fully saturated rings. The second-order valence-corrected chi connectivity index (χ2v) is 8.01. The molecule has 2 aliphatic heterocycles. The van der Waals surface area contributed by atoms with Crippen molar-refractivity contribution in [3.63, 3.8) is 0 Å². The van der Waals surface area contributed by atoms with Crippen molar-refractivity contribution >= 4 is 11.6 Å². The minimum atomic E-state index is -0.155. The number of fused-ring (bicyclic) bond motifs is 2. The predicted octanol–water partition coefficient (Wildman–Crippen LogP) is 3.29. The molecule has 0 bridgehead atoms. The van der Waals surface area contributed by atoms with Gasteiger partial charge in [-0.1, -0.05) is 18.2 Å². The van der Waals surface area contributed by atoms with Gasteiger partial charge in [0.05, 0.1) is 12.1 Å². The summed E-state index contributed by atoms with van der Waals surface area (Å²) in [5.41, 5.74) is 2.40. The number of ether oxygens (including phenoxy) is 1. The molecule has 3 aliphatic rings. The molecule has 1 saturated heterocycles. The first kappa shape index (κ1) is 17.0. The number of aryl methyl sites for hydroxylation is 1. The van der Waals surface area contributed by atoms with E-state index in [0.717, 1.165) is 38.0 Å². The van der Waals surface area contributed by atoms with Crippen LogP contribution in [0.3, 0.4) is 0 Å². The molecule has 4 rings (SSSR count). The fourth-order valence-corrected chi connectivity index (χ4v) is 5.01. The Morgan fingerprint density at radius 2 is 2.08 bits per heavy atom. The Balaban J connectivity index is 1.48. The van der Waals surface area contributed by atoms with E-state index in [9.17, 15) is 4.79 Å². The maximum atomic E-state index is 13.3. The van der Waals surface area contributed by atoms with Crippen LogP contribution in [-0.2, 0) is 16.0 Å². The Hall–Kier alpha value is -1.39. The highest BCUT2D eigenvalue weighted by Crippen LogP contribution is 2.35. The number of carbonyl (C=O) groups excluding carboxylic acids is 1. The predicted molar refractivity (Wildman–Crippen MR) is 99.8 cm³/mol. The van der Waals surface area contributed by atoms with Gasteiger partial charge in [-0.3, -0.25) is 4.79 Å². The van der Waals surface area contributed by atoms with Crippen LogP contribution in [0.25, 0.3) is 0 Å². The van der Waals surface area contributed by atoms with E-state index >= 15 is 0 Å². The number of nitrogens with zero attached hydrogens (tertiary/aromatic N) is 1. The molecule has 4 nitrogen and oxygen atoms in total. The summed E-state index contributed by atoms with van der Waals surface area (Å²) >= 11 is 0. The Labute approximate surface area is 150 Å². The topological polar surface area (TPSA) is 41.6 Å². The normalized spacial score (nSPS) is 32.8. The van der Waals surface area contributed by atoms with Crippen LogP contribution < -0.4 is 10.2 Å². The summed E-state index contributed by atoms with van der Waals surface area (Å²) in [4.78, 5) is 15.3. The molecule has 5 atom stereocenters. The van der Waals surface area contributed by atoms with E-state index in [2.05, 4.69) is 30.4 Å². The van der Waals surface area contributed by atoms with Crippen LogP contribution in [0.15, 0.2) is 24.3 Å². The summed E-state index contributed by atoms with van der Waals surface area (Å²) in [6, 6.07) is 8.88. The number of anilines is 1. The van der Waals surface area contributed by atoms with Crippen molar-refractivity contribution in [3.05, 3.63) is 29.8 Å². The zero-order chi connectivity index (χ0) is 17.4. The lowest BCUT2D eigenvalue weighted by atomic mass is 9.81. The minimum absolute atomic E-state index is 0.155. The molecule has 1 aromatic carbocycles. The van der Waals surface area contributed by atoms with Crippen molar-refractivity contribution in [1.82, 2.24) is 5.32 Å². The van der Waals surface area contributed by atoms with Crippen molar-refractivity contribution in [2.24, 2.45) is 5.92 Å². The third-order valence-electron chi connectivity index (χ3n) is 6.38. The molecule has 0 unspecified atom stereocenters. The standard InChI is InChI=1S/C21H30N2O2/c1-14-10-11-16-6-3-4-8-19(16)23(14)21(24)15(2)22-18-7-5-9-20-17(18)12-13-25-20/h3-4,6,8,14-15,17-18,20,22H,5,7,9-13H2,1-2H3/t14-,15+,17+,18-,20+/m1/s1. The maximum Gasteiger partial charge on any atom is 0.244 e. The molecule has 1 aliphatic carbocycles. The highest BCUT2D eigenvalue weighted by molar-refractivity contribution is 5.98. The molecule has 136 valence electrons. The number of nitrogens with one attached hydrogen (secondary N) is 1. The highest BCUT2D eigenvalue weighted by atomic mass is 16.5. The van der Waals surface area contributed by atoms with Crippen LogP contribution in [0.2, 0.25) is 0 Å². The lowest BCUT2D eigenvalue weighted by Crippen LogP contribution is -2.55. The summed E-state index contributed by atoms with van der Waals surface area (Å²) in [7, 11) is 0. The van der Waals surface area contributed by atoms with Gasteiger partial charge in [0.2, 0.25) is 5.91 Å². The molecule has 1 N–H and O–H groups in total. The van der Waals surface area contributed by atoms with Crippen molar-refractivity contribution in [1.29, 1.82) is 0 Å². The first-order valence-electron chi connectivity index (χ1n) is 9.94. The number of rotatable bonds is 3. The highest BCUT2D eigenvalue weighted by Gasteiger charge is 2.39. The molecule has 0 spiro atoms. The number of para-hydroxylation sites is 1. The Morgan fingerprint density at radius 1 is 1.24 bits per heavy atom. The van der Waals surface area contributed by atoms with E-state index in [1.54, 1.807) is 0 Å². The third-order valence-corrected chi connectivity index (χ3v) is 6.38. The third kappa shape index (κ3) is 3.22. The zero-order valence-electron chi connectivity index (χ0n) is 15.4. The molecule has 25 heavy (non-hydrogen) atoms.